The van der Waals surface area contributed by atoms with Gasteiger partial charge in [0, 0.05) is 6.08 Å². The molecule has 0 bridgehead atoms. The van der Waals surface area contributed by atoms with Crippen molar-refractivity contribution >= 4 is 40.9 Å². The van der Waals surface area contributed by atoms with E-state index >= 15 is 0 Å². The van der Waals surface area contributed by atoms with Gasteiger partial charge in [-0.05, 0) is 35.3 Å². The fourth-order valence-electron chi connectivity index (χ4n) is 1.95. The molecule has 2 aromatic rings. The molecule has 0 spiro atoms. The number of carbonyl (C=O) groups excluding carboxylic acids is 1. The lowest BCUT2D eigenvalue weighted by Crippen LogP contribution is -2.08. The van der Waals surface area contributed by atoms with Gasteiger partial charge in [0.15, 0.2) is 0 Å². The summed E-state index contributed by atoms with van der Waals surface area (Å²) in [6.45, 7) is 4.29. The minimum Gasteiger partial charge on any atom is -0.320 e. The van der Waals surface area contributed by atoms with Crippen LogP contribution in [0.4, 0.5) is 5.69 Å². The molecule has 0 aliphatic heterocycles. The van der Waals surface area contributed by atoms with Crippen molar-refractivity contribution in [3.63, 3.8) is 0 Å². The van der Waals surface area contributed by atoms with Gasteiger partial charge in [-0.15, -0.1) is 0 Å². The van der Waals surface area contributed by atoms with E-state index in [0.29, 0.717) is 21.7 Å². The highest BCUT2D eigenvalue weighted by atomic mass is 35.5. The Balaban J connectivity index is 2.05. The molecule has 0 aromatic heterocycles. The number of benzene rings is 2. The Labute approximate surface area is 140 Å². The number of halogens is 2. The van der Waals surface area contributed by atoms with E-state index in [1.807, 2.05) is 12.1 Å². The number of para-hydroxylation sites is 1. The molecule has 0 heterocycles. The Morgan fingerprint density at radius 1 is 1.05 bits per heavy atom. The third kappa shape index (κ3) is 4.36. The summed E-state index contributed by atoms with van der Waals surface area (Å²) in [6, 6.07) is 13.2. The first-order chi connectivity index (χ1) is 10.5. The monoisotopic (exact) mass is 333 g/mol. The lowest BCUT2D eigenvalue weighted by molar-refractivity contribution is -0.111. The highest BCUT2D eigenvalue weighted by molar-refractivity contribution is 6.39. The maximum absolute atomic E-state index is 12.0. The average molecular weight is 334 g/mol. The molecule has 1 amide bonds. The summed E-state index contributed by atoms with van der Waals surface area (Å²) in [7, 11) is 0. The minimum absolute atomic E-state index is 0.275. The van der Waals surface area contributed by atoms with Crippen LogP contribution in [0.2, 0.25) is 10.0 Å². The predicted octanol–water partition coefficient (Wildman–Crippen LogP) is 5.77. The van der Waals surface area contributed by atoms with Crippen LogP contribution in [0.1, 0.15) is 30.9 Å². The van der Waals surface area contributed by atoms with Crippen LogP contribution in [0.5, 0.6) is 0 Å². The molecule has 0 aliphatic carbocycles. The molecule has 0 saturated carbocycles. The van der Waals surface area contributed by atoms with E-state index in [-0.39, 0.29) is 5.91 Å². The third-order valence-corrected chi connectivity index (χ3v) is 3.87. The second-order valence-corrected chi connectivity index (χ2v) is 6.06. The number of anilines is 1. The summed E-state index contributed by atoms with van der Waals surface area (Å²) >= 11 is 12.0. The summed E-state index contributed by atoms with van der Waals surface area (Å²) < 4.78 is 0. The number of nitrogens with one attached hydrogen (secondary N) is 1. The Bertz CT molecular complexity index is 670. The maximum Gasteiger partial charge on any atom is 0.248 e. The molecule has 0 aliphatic rings. The number of rotatable bonds is 4. The average Bonchev–Trinajstić information content (AvgIpc) is 2.49. The van der Waals surface area contributed by atoms with Crippen molar-refractivity contribution in [2.45, 2.75) is 19.8 Å². The number of amides is 1. The molecule has 2 nitrogen and oxygen atoms in total. The highest BCUT2D eigenvalue weighted by Gasteiger charge is 2.07. The van der Waals surface area contributed by atoms with Crippen molar-refractivity contribution in [3.8, 4) is 0 Å². The van der Waals surface area contributed by atoms with Crippen molar-refractivity contribution in [3.05, 3.63) is 69.7 Å². The quantitative estimate of drug-likeness (QED) is 0.707. The van der Waals surface area contributed by atoms with E-state index in [9.17, 15) is 4.79 Å². The molecule has 0 saturated heterocycles. The molecule has 4 heteroatoms. The zero-order chi connectivity index (χ0) is 16.1. The van der Waals surface area contributed by atoms with Crippen LogP contribution in [-0.2, 0) is 4.79 Å². The zero-order valence-electron chi connectivity index (χ0n) is 12.4. The van der Waals surface area contributed by atoms with Crippen LogP contribution in [0.3, 0.4) is 0 Å². The van der Waals surface area contributed by atoms with Gasteiger partial charge in [0.2, 0.25) is 5.91 Å². The van der Waals surface area contributed by atoms with Crippen LogP contribution in [0, 0.1) is 0 Å². The van der Waals surface area contributed by atoms with E-state index in [4.69, 9.17) is 23.2 Å². The molecule has 0 radical (unpaired) electrons. The van der Waals surface area contributed by atoms with Gasteiger partial charge in [-0.2, -0.15) is 0 Å². The minimum atomic E-state index is -0.275. The Morgan fingerprint density at radius 3 is 2.18 bits per heavy atom. The molecule has 2 aromatic carbocycles. The summed E-state index contributed by atoms with van der Waals surface area (Å²) in [6.07, 6.45) is 3.22. The molecule has 0 fully saturated rings. The van der Waals surface area contributed by atoms with E-state index < -0.39 is 0 Å². The molecule has 2 rings (SSSR count). The first-order valence-electron chi connectivity index (χ1n) is 7.00. The molecule has 114 valence electrons. The SMILES string of the molecule is CC(C)c1ccc(C=CC(=O)Nc2c(Cl)cccc2Cl)cc1. The van der Waals surface area contributed by atoms with Crippen LogP contribution < -0.4 is 5.32 Å². The van der Waals surface area contributed by atoms with Crippen molar-refractivity contribution < 1.29 is 4.79 Å². The van der Waals surface area contributed by atoms with Crippen LogP contribution in [0.25, 0.3) is 6.08 Å². The summed E-state index contributed by atoms with van der Waals surface area (Å²) in [5.41, 5.74) is 2.66. The molecular formula is C18H17Cl2NO. The first-order valence-corrected chi connectivity index (χ1v) is 7.76. The van der Waals surface area contributed by atoms with Gasteiger partial charge in [0.1, 0.15) is 0 Å². The van der Waals surface area contributed by atoms with Crippen LogP contribution in [-0.4, -0.2) is 5.91 Å². The predicted molar refractivity (Wildman–Crippen MR) is 94.7 cm³/mol. The summed E-state index contributed by atoms with van der Waals surface area (Å²) in [4.78, 5) is 12.0. The second kappa shape index (κ2) is 7.48. The molecule has 22 heavy (non-hydrogen) atoms. The maximum atomic E-state index is 12.0. The number of hydrogen-bond acceptors (Lipinski definition) is 1. The van der Waals surface area contributed by atoms with Crippen LogP contribution >= 0.6 is 23.2 Å². The van der Waals surface area contributed by atoms with Gasteiger partial charge in [-0.1, -0.05) is 67.4 Å². The smallest absolute Gasteiger partial charge is 0.248 e. The second-order valence-electron chi connectivity index (χ2n) is 5.24. The normalized spacial score (nSPS) is 11.1. The molecule has 1 N–H and O–H groups in total. The van der Waals surface area contributed by atoms with E-state index in [1.165, 1.54) is 11.6 Å². The van der Waals surface area contributed by atoms with Crippen molar-refractivity contribution in [2.24, 2.45) is 0 Å². The van der Waals surface area contributed by atoms with Crippen molar-refractivity contribution in [2.75, 3.05) is 5.32 Å². The Hall–Kier alpha value is -1.77. The summed E-state index contributed by atoms with van der Waals surface area (Å²) in [5.74, 6) is 0.214. The fourth-order valence-corrected chi connectivity index (χ4v) is 2.44. The summed E-state index contributed by atoms with van der Waals surface area (Å²) in [5, 5.41) is 3.51. The number of carbonyl (C=O) groups is 1. The molecular weight excluding hydrogens is 317 g/mol. The molecule has 0 atom stereocenters. The van der Waals surface area contributed by atoms with Gasteiger partial charge in [0.05, 0.1) is 15.7 Å². The fraction of sp³-hybridized carbons (Fsp3) is 0.167. The number of hydrogen-bond donors (Lipinski definition) is 1. The van der Waals surface area contributed by atoms with Gasteiger partial charge >= 0.3 is 0 Å². The lowest BCUT2D eigenvalue weighted by Gasteiger charge is -2.07. The van der Waals surface area contributed by atoms with Crippen molar-refractivity contribution in [1.29, 1.82) is 0 Å². The first kappa shape index (κ1) is 16.6. The van der Waals surface area contributed by atoms with Crippen LogP contribution in [0.15, 0.2) is 48.5 Å². The standard InChI is InChI=1S/C18H17Cl2NO/c1-12(2)14-9-6-13(7-10-14)8-11-17(22)21-18-15(19)4-3-5-16(18)20/h3-12H,1-2H3,(H,21,22). The van der Waals surface area contributed by atoms with Gasteiger partial charge in [-0.25, -0.2) is 0 Å². The molecule has 0 unspecified atom stereocenters. The van der Waals surface area contributed by atoms with E-state index in [0.717, 1.165) is 5.56 Å². The van der Waals surface area contributed by atoms with E-state index in [1.54, 1.807) is 24.3 Å². The largest absolute Gasteiger partial charge is 0.320 e. The van der Waals surface area contributed by atoms with E-state index in [2.05, 4.69) is 31.3 Å². The van der Waals surface area contributed by atoms with Gasteiger partial charge in [-0.3, -0.25) is 4.79 Å². The Kier molecular flexibility index (Phi) is 5.64. The van der Waals surface area contributed by atoms with Gasteiger partial charge < -0.3 is 5.32 Å². The lowest BCUT2D eigenvalue weighted by atomic mass is 10.0. The Morgan fingerprint density at radius 2 is 1.64 bits per heavy atom. The van der Waals surface area contributed by atoms with Gasteiger partial charge in [0.25, 0.3) is 0 Å². The zero-order valence-corrected chi connectivity index (χ0v) is 13.9. The highest BCUT2D eigenvalue weighted by Crippen LogP contribution is 2.29. The topological polar surface area (TPSA) is 29.1 Å². The van der Waals surface area contributed by atoms with Crippen molar-refractivity contribution in [1.82, 2.24) is 0 Å². The third-order valence-electron chi connectivity index (χ3n) is 3.24.